The molecule has 0 amide bonds. The van der Waals surface area contributed by atoms with Crippen LogP contribution in [-0.4, -0.2) is 17.6 Å². The summed E-state index contributed by atoms with van der Waals surface area (Å²) in [4.78, 5) is 11.3. The van der Waals surface area contributed by atoms with E-state index in [-0.39, 0.29) is 6.42 Å². The van der Waals surface area contributed by atoms with Crippen LogP contribution < -0.4 is 4.72 Å². The third-order valence-electron chi connectivity index (χ3n) is 1.37. The minimum absolute atomic E-state index is 0.153. The van der Waals surface area contributed by atoms with Crippen LogP contribution in [-0.2, 0) is 4.79 Å². The molecule has 0 unspecified atom stereocenters. The molecule has 1 rings (SSSR count). The summed E-state index contributed by atoms with van der Waals surface area (Å²) < 4.78 is 2.97. The van der Waals surface area contributed by atoms with Gasteiger partial charge in [-0.3, -0.25) is 9.52 Å². The van der Waals surface area contributed by atoms with Crippen molar-refractivity contribution < 1.29 is 9.90 Å². The molecule has 0 saturated carbocycles. The molecule has 0 heterocycles. The molecular weight excluding hydrogens is 186 g/mol. The Morgan fingerprint density at radius 3 is 2.69 bits per heavy atom. The number of carboxylic acid groups (broad SMARTS) is 1. The molecule has 70 valence electrons. The van der Waals surface area contributed by atoms with Crippen molar-refractivity contribution in [3.8, 4) is 0 Å². The Balaban J connectivity index is 2.17. The van der Waals surface area contributed by atoms with Gasteiger partial charge in [-0.05, 0) is 24.1 Å². The lowest BCUT2D eigenvalue weighted by atomic mass is 10.4. The fourth-order valence-corrected chi connectivity index (χ4v) is 1.44. The van der Waals surface area contributed by atoms with Crippen molar-refractivity contribution in [2.75, 3.05) is 6.54 Å². The Kier molecular flexibility index (Phi) is 4.35. The normalized spacial score (nSPS) is 9.85. The second-order valence-corrected chi connectivity index (χ2v) is 3.42. The molecule has 1 aromatic rings. The predicted octanol–water partition coefficient (Wildman–Crippen LogP) is 1.76. The Hall–Kier alpha value is -1.00. The van der Waals surface area contributed by atoms with Crippen LogP contribution in [0, 0.1) is 0 Å². The average molecular weight is 197 g/mol. The van der Waals surface area contributed by atoms with Crippen molar-refractivity contribution >= 4 is 17.9 Å². The van der Waals surface area contributed by atoms with E-state index in [2.05, 4.69) is 4.72 Å². The summed E-state index contributed by atoms with van der Waals surface area (Å²) in [6, 6.07) is 9.78. The molecule has 1 aromatic carbocycles. The van der Waals surface area contributed by atoms with Crippen molar-refractivity contribution in [3.05, 3.63) is 30.3 Å². The number of carboxylic acids is 1. The number of carbonyl (C=O) groups is 1. The minimum Gasteiger partial charge on any atom is -0.481 e. The summed E-state index contributed by atoms with van der Waals surface area (Å²) in [7, 11) is 0. The van der Waals surface area contributed by atoms with Crippen LogP contribution in [0.25, 0.3) is 0 Å². The lowest BCUT2D eigenvalue weighted by Crippen LogP contribution is -2.10. The molecule has 13 heavy (non-hydrogen) atoms. The van der Waals surface area contributed by atoms with Crippen molar-refractivity contribution in [1.82, 2.24) is 4.72 Å². The van der Waals surface area contributed by atoms with Gasteiger partial charge >= 0.3 is 5.97 Å². The van der Waals surface area contributed by atoms with Gasteiger partial charge in [-0.2, -0.15) is 0 Å². The topological polar surface area (TPSA) is 49.3 Å². The largest absolute Gasteiger partial charge is 0.481 e. The molecule has 0 aromatic heterocycles. The van der Waals surface area contributed by atoms with E-state index in [1.54, 1.807) is 0 Å². The van der Waals surface area contributed by atoms with E-state index in [4.69, 9.17) is 5.11 Å². The molecule has 4 heteroatoms. The van der Waals surface area contributed by atoms with Crippen LogP contribution in [0.5, 0.6) is 0 Å². The lowest BCUT2D eigenvalue weighted by Gasteiger charge is -2.00. The first-order chi connectivity index (χ1) is 6.29. The molecule has 0 aliphatic heterocycles. The van der Waals surface area contributed by atoms with E-state index < -0.39 is 5.97 Å². The maximum Gasteiger partial charge on any atom is 0.304 e. The zero-order chi connectivity index (χ0) is 9.52. The standard InChI is InChI=1S/C9H11NO2S/c11-9(12)6-7-10-13-8-4-2-1-3-5-8/h1-5,10H,6-7H2,(H,11,12). The Bertz CT molecular complexity index is 264. The third kappa shape index (κ3) is 4.55. The van der Waals surface area contributed by atoms with E-state index in [0.29, 0.717) is 6.54 Å². The van der Waals surface area contributed by atoms with E-state index >= 15 is 0 Å². The van der Waals surface area contributed by atoms with Gasteiger partial charge in [0.15, 0.2) is 0 Å². The number of aliphatic carboxylic acids is 1. The zero-order valence-electron chi connectivity index (χ0n) is 7.06. The second kappa shape index (κ2) is 5.61. The maximum atomic E-state index is 10.2. The molecule has 0 radical (unpaired) electrons. The Labute approximate surface area is 81.3 Å². The summed E-state index contributed by atoms with van der Waals surface area (Å²) >= 11 is 1.45. The average Bonchev–Trinajstić information content (AvgIpc) is 2.14. The van der Waals surface area contributed by atoms with Crippen LogP contribution in [0.2, 0.25) is 0 Å². The van der Waals surface area contributed by atoms with Gasteiger partial charge in [-0.25, -0.2) is 0 Å². The number of nitrogens with one attached hydrogen (secondary N) is 1. The quantitative estimate of drug-likeness (QED) is 0.558. The van der Waals surface area contributed by atoms with Gasteiger partial charge in [-0.15, -0.1) is 0 Å². The lowest BCUT2D eigenvalue weighted by molar-refractivity contribution is -0.136. The smallest absolute Gasteiger partial charge is 0.304 e. The first-order valence-electron chi connectivity index (χ1n) is 3.95. The molecule has 0 fully saturated rings. The minimum atomic E-state index is -0.777. The summed E-state index contributed by atoms with van der Waals surface area (Å²) in [5.41, 5.74) is 0. The summed E-state index contributed by atoms with van der Waals surface area (Å²) in [6.45, 7) is 0.481. The van der Waals surface area contributed by atoms with Gasteiger partial charge < -0.3 is 5.11 Å². The zero-order valence-corrected chi connectivity index (χ0v) is 7.88. The molecule has 0 spiro atoms. The molecule has 0 aliphatic carbocycles. The fourth-order valence-electron chi connectivity index (χ4n) is 0.781. The highest BCUT2D eigenvalue weighted by Crippen LogP contribution is 2.12. The Morgan fingerprint density at radius 1 is 1.38 bits per heavy atom. The summed E-state index contributed by atoms with van der Waals surface area (Å²) in [5.74, 6) is -0.777. The molecule has 0 bridgehead atoms. The van der Waals surface area contributed by atoms with E-state index in [1.807, 2.05) is 30.3 Å². The summed E-state index contributed by atoms with van der Waals surface area (Å²) in [5, 5.41) is 8.36. The SMILES string of the molecule is O=C(O)CCNSc1ccccc1. The number of hydrogen-bond donors (Lipinski definition) is 2. The number of rotatable bonds is 5. The van der Waals surface area contributed by atoms with Crippen LogP contribution in [0.15, 0.2) is 35.2 Å². The molecule has 2 N–H and O–H groups in total. The Morgan fingerprint density at radius 2 is 2.08 bits per heavy atom. The van der Waals surface area contributed by atoms with Gasteiger partial charge in [0.05, 0.1) is 6.42 Å². The van der Waals surface area contributed by atoms with Crippen LogP contribution in [0.4, 0.5) is 0 Å². The maximum absolute atomic E-state index is 10.2. The number of benzene rings is 1. The summed E-state index contributed by atoms with van der Waals surface area (Å²) in [6.07, 6.45) is 0.153. The molecule has 0 atom stereocenters. The van der Waals surface area contributed by atoms with E-state index in [0.717, 1.165) is 4.90 Å². The fraction of sp³-hybridized carbons (Fsp3) is 0.222. The molecule has 0 saturated heterocycles. The highest BCUT2D eigenvalue weighted by molar-refractivity contribution is 7.97. The van der Waals surface area contributed by atoms with Gasteiger partial charge in [0.2, 0.25) is 0 Å². The highest BCUT2D eigenvalue weighted by atomic mass is 32.2. The van der Waals surface area contributed by atoms with Gasteiger partial charge in [0.25, 0.3) is 0 Å². The molecule has 3 nitrogen and oxygen atoms in total. The molecular formula is C9H11NO2S. The second-order valence-electron chi connectivity index (χ2n) is 2.45. The van der Waals surface area contributed by atoms with Crippen LogP contribution in [0.1, 0.15) is 6.42 Å². The van der Waals surface area contributed by atoms with Crippen molar-refractivity contribution in [1.29, 1.82) is 0 Å². The first-order valence-corrected chi connectivity index (χ1v) is 4.77. The van der Waals surface area contributed by atoms with Crippen molar-refractivity contribution in [2.45, 2.75) is 11.3 Å². The van der Waals surface area contributed by atoms with Gasteiger partial charge in [0, 0.05) is 11.4 Å². The van der Waals surface area contributed by atoms with E-state index in [1.165, 1.54) is 11.9 Å². The third-order valence-corrected chi connectivity index (χ3v) is 2.23. The first kappa shape index (κ1) is 10.1. The predicted molar refractivity (Wildman–Crippen MR) is 52.6 cm³/mol. The van der Waals surface area contributed by atoms with Crippen molar-refractivity contribution in [2.24, 2.45) is 0 Å². The monoisotopic (exact) mass is 197 g/mol. The highest BCUT2D eigenvalue weighted by Gasteiger charge is 1.95. The van der Waals surface area contributed by atoms with E-state index in [9.17, 15) is 4.79 Å². The van der Waals surface area contributed by atoms with Crippen LogP contribution >= 0.6 is 11.9 Å². The van der Waals surface area contributed by atoms with Crippen molar-refractivity contribution in [3.63, 3.8) is 0 Å². The molecule has 0 aliphatic rings. The number of hydrogen-bond acceptors (Lipinski definition) is 3. The van der Waals surface area contributed by atoms with Gasteiger partial charge in [0.1, 0.15) is 0 Å². The van der Waals surface area contributed by atoms with Gasteiger partial charge in [-0.1, -0.05) is 18.2 Å². The van der Waals surface area contributed by atoms with Crippen LogP contribution in [0.3, 0.4) is 0 Å².